The largest absolute Gasteiger partial charge is 0.480 e. The summed E-state index contributed by atoms with van der Waals surface area (Å²) in [5.74, 6) is 0.0680. The molecule has 1 aliphatic carbocycles. The van der Waals surface area contributed by atoms with E-state index in [4.69, 9.17) is 11.6 Å². The third kappa shape index (κ3) is 2.86. The molecule has 0 unspecified atom stereocenters. The number of hydrogen-bond acceptors (Lipinski definition) is 4. The van der Waals surface area contributed by atoms with Crippen molar-refractivity contribution in [2.24, 2.45) is 5.41 Å². The number of halogens is 1. The first kappa shape index (κ1) is 17.0. The second-order valence-corrected chi connectivity index (χ2v) is 7.35. The molecule has 1 aliphatic heterocycles. The number of aryl methyl sites for hydroxylation is 1. The molecule has 1 amide bonds. The van der Waals surface area contributed by atoms with Crippen LogP contribution in [0.1, 0.15) is 37.9 Å². The van der Waals surface area contributed by atoms with Crippen molar-refractivity contribution in [2.75, 3.05) is 5.32 Å². The summed E-state index contributed by atoms with van der Waals surface area (Å²) in [7, 11) is 0. The fourth-order valence-electron chi connectivity index (χ4n) is 3.37. The maximum absolute atomic E-state index is 12.3. The van der Waals surface area contributed by atoms with Crippen LogP contribution in [0.3, 0.4) is 0 Å². The van der Waals surface area contributed by atoms with Crippen molar-refractivity contribution in [3.63, 3.8) is 0 Å². The van der Waals surface area contributed by atoms with E-state index < -0.39 is 17.3 Å². The van der Waals surface area contributed by atoms with E-state index in [-0.39, 0.29) is 0 Å². The molecule has 0 saturated heterocycles. The standard InChI is InChI=1S/C18H19ClN4O3/c19-13-6-5-11(20-16(24)18(7-8-18)17(25)26)10-12(13)15-22-21-14-4-2-1-3-9-23(14)15/h5-6,10H,1-4,7-9H2,(H,20,24)(H,25,26). The molecule has 1 saturated carbocycles. The summed E-state index contributed by atoms with van der Waals surface area (Å²) in [4.78, 5) is 23.7. The van der Waals surface area contributed by atoms with Crippen LogP contribution in [-0.2, 0) is 22.6 Å². The van der Waals surface area contributed by atoms with Gasteiger partial charge in [-0.15, -0.1) is 10.2 Å². The lowest BCUT2D eigenvalue weighted by molar-refractivity contribution is -0.147. The van der Waals surface area contributed by atoms with Crippen LogP contribution < -0.4 is 5.32 Å². The first-order chi connectivity index (χ1) is 12.5. The van der Waals surface area contributed by atoms with Crippen LogP contribution in [0.5, 0.6) is 0 Å². The van der Waals surface area contributed by atoms with Crippen LogP contribution in [0, 0.1) is 5.41 Å². The molecule has 0 spiro atoms. The number of rotatable bonds is 4. The first-order valence-electron chi connectivity index (χ1n) is 8.78. The summed E-state index contributed by atoms with van der Waals surface area (Å²) >= 11 is 6.37. The lowest BCUT2D eigenvalue weighted by atomic mass is 10.1. The quantitative estimate of drug-likeness (QED) is 0.801. The molecule has 0 atom stereocenters. The number of nitrogens with zero attached hydrogens (tertiary/aromatic N) is 3. The van der Waals surface area contributed by atoms with E-state index in [1.54, 1.807) is 18.2 Å². The lowest BCUT2D eigenvalue weighted by Crippen LogP contribution is -2.31. The van der Waals surface area contributed by atoms with Crippen molar-refractivity contribution in [2.45, 2.75) is 45.1 Å². The van der Waals surface area contributed by atoms with Crippen molar-refractivity contribution in [3.05, 3.63) is 29.0 Å². The summed E-state index contributed by atoms with van der Waals surface area (Å²) in [5.41, 5.74) is -0.0932. The Morgan fingerprint density at radius 2 is 2.00 bits per heavy atom. The molecule has 26 heavy (non-hydrogen) atoms. The van der Waals surface area contributed by atoms with Gasteiger partial charge in [0.05, 0.1) is 5.02 Å². The predicted octanol–water partition coefficient (Wildman–Crippen LogP) is 3.13. The number of benzene rings is 1. The highest BCUT2D eigenvalue weighted by Crippen LogP contribution is 2.47. The van der Waals surface area contributed by atoms with Crippen molar-refractivity contribution in [3.8, 4) is 11.4 Å². The maximum Gasteiger partial charge on any atom is 0.319 e. The smallest absolute Gasteiger partial charge is 0.319 e. The summed E-state index contributed by atoms with van der Waals surface area (Å²) in [5, 5.41) is 21.1. The third-order valence-electron chi connectivity index (χ3n) is 5.17. The molecule has 4 rings (SSSR count). The molecule has 7 nitrogen and oxygen atoms in total. The number of carboxylic acids is 1. The van der Waals surface area contributed by atoms with E-state index in [1.165, 1.54) is 0 Å². The topological polar surface area (TPSA) is 97.1 Å². The lowest BCUT2D eigenvalue weighted by Gasteiger charge is -2.13. The summed E-state index contributed by atoms with van der Waals surface area (Å²) in [6.07, 6.45) is 4.94. The fourth-order valence-corrected chi connectivity index (χ4v) is 3.57. The Morgan fingerprint density at radius 3 is 2.73 bits per heavy atom. The number of fused-ring (bicyclic) bond motifs is 1. The van der Waals surface area contributed by atoms with Gasteiger partial charge in [-0.1, -0.05) is 18.0 Å². The first-order valence-corrected chi connectivity index (χ1v) is 9.16. The number of aromatic nitrogens is 3. The van der Waals surface area contributed by atoms with Crippen molar-refractivity contribution in [1.29, 1.82) is 0 Å². The Hall–Kier alpha value is -2.41. The average molecular weight is 375 g/mol. The zero-order valence-electron chi connectivity index (χ0n) is 14.2. The number of nitrogens with one attached hydrogen (secondary N) is 1. The summed E-state index contributed by atoms with van der Waals surface area (Å²) in [6, 6.07) is 5.09. The van der Waals surface area contributed by atoms with Gasteiger partial charge in [-0.05, 0) is 43.9 Å². The summed E-state index contributed by atoms with van der Waals surface area (Å²) in [6.45, 7) is 0.840. The minimum absolute atomic E-state index is 0.367. The highest BCUT2D eigenvalue weighted by Gasteiger charge is 2.57. The molecule has 2 aromatic rings. The average Bonchev–Trinajstić information content (AvgIpc) is 3.38. The number of carbonyl (C=O) groups is 2. The molecular formula is C18H19ClN4O3. The van der Waals surface area contributed by atoms with Gasteiger partial charge in [0.1, 0.15) is 11.2 Å². The highest BCUT2D eigenvalue weighted by molar-refractivity contribution is 6.33. The monoisotopic (exact) mass is 374 g/mol. The number of aliphatic carboxylic acids is 1. The van der Waals surface area contributed by atoms with Gasteiger partial charge < -0.3 is 15.0 Å². The van der Waals surface area contributed by atoms with E-state index >= 15 is 0 Å². The molecule has 1 aromatic heterocycles. The van der Waals surface area contributed by atoms with Gasteiger partial charge in [-0.25, -0.2) is 0 Å². The predicted molar refractivity (Wildman–Crippen MR) is 96.0 cm³/mol. The minimum Gasteiger partial charge on any atom is -0.480 e. The van der Waals surface area contributed by atoms with Crippen LogP contribution in [0.15, 0.2) is 18.2 Å². The van der Waals surface area contributed by atoms with Crippen molar-refractivity contribution < 1.29 is 14.7 Å². The number of amides is 1. The van der Waals surface area contributed by atoms with Gasteiger partial charge in [-0.3, -0.25) is 9.59 Å². The molecule has 8 heteroatoms. The molecule has 2 aliphatic rings. The maximum atomic E-state index is 12.3. The van der Waals surface area contributed by atoms with Crippen molar-refractivity contribution >= 4 is 29.2 Å². The zero-order valence-corrected chi connectivity index (χ0v) is 14.9. The van der Waals surface area contributed by atoms with E-state index in [1.807, 2.05) is 0 Å². The van der Waals surface area contributed by atoms with Crippen LogP contribution >= 0.6 is 11.6 Å². The van der Waals surface area contributed by atoms with Gasteiger partial charge in [-0.2, -0.15) is 0 Å². The second-order valence-electron chi connectivity index (χ2n) is 6.94. The van der Waals surface area contributed by atoms with E-state index in [2.05, 4.69) is 20.1 Å². The Bertz CT molecular complexity index is 889. The van der Waals surface area contributed by atoms with Gasteiger partial charge in [0, 0.05) is 24.2 Å². The van der Waals surface area contributed by atoms with Crippen LogP contribution in [0.4, 0.5) is 5.69 Å². The number of carboxylic acid groups (broad SMARTS) is 1. The Kier molecular flexibility index (Phi) is 4.19. The number of anilines is 1. The fraction of sp³-hybridized carbons (Fsp3) is 0.444. The molecular weight excluding hydrogens is 356 g/mol. The van der Waals surface area contributed by atoms with Gasteiger partial charge >= 0.3 is 5.97 Å². The Balaban J connectivity index is 1.65. The normalized spacial score (nSPS) is 17.9. The molecule has 2 heterocycles. The SMILES string of the molecule is O=C(O)C1(C(=O)Nc2ccc(Cl)c(-c3nnc4n3CCCCC4)c2)CC1. The Morgan fingerprint density at radius 1 is 1.19 bits per heavy atom. The number of hydrogen-bond donors (Lipinski definition) is 2. The Labute approximate surface area is 155 Å². The minimum atomic E-state index is -1.29. The summed E-state index contributed by atoms with van der Waals surface area (Å²) < 4.78 is 2.08. The van der Waals surface area contributed by atoms with E-state index in [0.717, 1.165) is 38.1 Å². The second kappa shape index (κ2) is 6.39. The van der Waals surface area contributed by atoms with Gasteiger partial charge in [0.2, 0.25) is 5.91 Å². The molecule has 0 radical (unpaired) electrons. The molecule has 1 aromatic carbocycles. The molecule has 1 fully saturated rings. The molecule has 136 valence electrons. The molecule has 0 bridgehead atoms. The van der Waals surface area contributed by atoms with E-state index in [9.17, 15) is 14.7 Å². The van der Waals surface area contributed by atoms with Crippen LogP contribution in [0.2, 0.25) is 5.02 Å². The van der Waals surface area contributed by atoms with Gasteiger partial charge in [0.15, 0.2) is 5.82 Å². The molecule has 2 N–H and O–H groups in total. The highest BCUT2D eigenvalue weighted by atomic mass is 35.5. The number of carbonyl (C=O) groups excluding carboxylic acids is 1. The van der Waals surface area contributed by atoms with Crippen LogP contribution in [-0.4, -0.2) is 31.7 Å². The van der Waals surface area contributed by atoms with Crippen LogP contribution in [0.25, 0.3) is 11.4 Å². The van der Waals surface area contributed by atoms with Crippen molar-refractivity contribution in [1.82, 2.24) is 14.8 Å². The van der Waals surface area contributed by atoms with E-state index in [0.29, 0.717) is 34.9 Å². The zero-order chi connectivity index (χ0) is 18.3. The third-order valence-corrected chi connectivity index (χ3v) is 5.50. The van der Waals surface area contributed by atoms with Gasteiger partial charge in [0.25, 0.3) is 0 Å².